The van der Waals surface area contributed by atoms with Gasteiger partial charge in [-0.05, 0) is 12.1 Å². The molecule has 0 unspecified atom stereocenters. The molecule has 0 fully saturated rings. The Morgan fingerprint density at radius 3 is 2.95 bits per heavy atom. The third-order valence-corrected chi connectivity index (χ3v) is 4.48. The van der Waals surface area contributed by atoms with Crippen molar-refractivity contribution in [2.24, 2.45) is 0 Å². The number of para-hydroxylation sites is 1. The van der Waals surface area contributed by atoms with Gasteiger partial charge in [0, 0.05) is 25.8 Å². The molecule has 0 spiro atoms. The minimum absolute atomic E-state index is 0.150. The second-order valence-electron chi connectivity index (χ2n) is 5.67. The van der Waals surface area contributed by atoms with E-state index < -0.39 is 5.60 Å². The first-order chi connectivity index (χ1) is 10.1. The third kappa shape index (κ3) is 1.59. The fraction of sp³-hybridized carbons (Fsp3) is 0.400. The summed E-state index contributed by atoms with van der Waals surface area (Å²) in [5.41, 5.74) is -0.551. The number of rotatable bonds is 1. The van der Waals surface area contributed by atoms with Crippen molar-refractivity contribution in [3.63, 3.8) is 0 Å². The Hall–Kier alpha value is -2.21. The van der Waals surface area contributed by atoms with Crippen molar-refractivity contribution in [1.29, 1.82) is 0 Å². The van der Waals surface area contributed by atoms with Crippen LogP contribution in [0.3, 0.4) is 0 Å². The van der Waals surface area contributed by atoms with E-state index in [0.29, 0.717) is 48.4 Å². The topological polar surface area (TPSA) is 81.2 Å². The summed E-state index contributed by atoms with van der Waals surface area (Å²) in [4.78, 5) is 17.0. The van der Waals surface area contributed by atoms with E-state index in [1.165, 1.54) is 4.57 Å². The Kier molecular flexibility index (Phi) is 2.47. The normalized spacial score (nSPS) is 24.8. The van der Waals surface area contributed by atoms with Crippen molar-refractivity contribution in [2.45, 2.75) is 31.4 Å². The number of aliphatic hydroxyl groups is 1. The van der Waals surface area contributed by atoms with E-state index in [0.717, 1.165) is 11.2 Å². The molecule has 0 saturated carbocycles. The molecule has 2 aliphatic rings. The zero-order valence-electron chi connectivity index (χ0n) is 11.5. The molecule has 3 heterocycles. The van der Waals surface area contributed by atoms with E-state index in [1.807, 2.05) is 6.07 Å². The number of benzene rings is 1. The standard InChI is InChI=1S/C15H15N3O3/c19-13-10-4-1-2-5-11(10)16-14-15(20,7-9-17(13)14)12-6-3-8-18(12)21/h1-2,4-5,20H,3,6-9H2/t15-/m0/s1. The molecule has 2 aromatic rings. The van der Waals surface area contributed by atoms with Gasteiger partial charge in [-0.2, -0.15) is 0 Å². The molecule has 0 radical (unpaired) electrons. The zero-order chi connectivity index (χ0) is 14.6. The van der Waals surface area contributed by atoms with Crippen molar-refractivity contribution in [3.8, 4) is 0 Å². The minimum atomic E-state index is -1.40. The Labute approximate surface area is 120 Å². The third-order valence-electron chi connectivity index (χ3n) is 4.48. The van der Waals surface area contributed by atoms with Gasteiger partial charge in [0.2, 0.25) is 11.3 Å². The second kappa shape index (κ2) is 4.14. The molecule has 4 rings (SSSR count). The Morgan fingerprint density at radius 1 is 1.38 bits per heavy atom. The summed E-state index contributed by atoms with van der Waals surface area (Å²) in [5.74, 6) is 0.309. The molecule has 6 heteroatoms. The van der Waals surface area contributed by atoms with Crippen molar-refractivity contribution in [1.82, 2.24) is 9.55 Å². The van der Waals surface area contributed by atoms with Gasteiger partial charge in [0.1, 0.15) is 0 Å². The summed E-state index contributed by atoms with van der Waals surface area (Å²) in [6.07, 6.45) is 1.63. The van der Waals surface area contributed by atoms with Crippen LogP contribution in [0.15, 0.2) is 29.1 Å². The molecule has 0 amide bonds. The van der Waals surface area contributed by atoms with E-state index in [4.69, 9.17) is 0 Å². The maximum absolute atomic E-state index is 12.5. The van der Waals surface area contributed by atoms with Crippen LogP contribution in [0.4, 0.5) is 0 Å². The van der Waals surface area contributed by atoms with Gasteiger partial charge in [-0.1, -0.05) is 12.1 Å². The van der Waals surface area contributed by atoms with Crippen LogP contribution in [0, 0.1) is 5.21 Å². The molecular formula is C15H15N3O3. The van der Waals surface area contributed by atoms with Gasteiger partial charge in [-0.15, -0.1) is 0 Å². The van der Waals surface area contributed by atoms with Gasteiger partial charge >= 0.3 is 0 Å². The summed E-state index contributed by atoms with van der Waals surface area (Å²) in [7, 11) is 0. The summed E-state index contributed by atoms with van der Waals surface area (Å²) in [6, 6.07) is 7.09. The minimum Gasteiger partial charge on any atom is -0.624 e. The lowest BCUT2D eigenvalue weighted by atomic mass is 9.93. The van der Waals surface area contributed by atoms with Crippen LogP contribution in [0.2, 0.25) is 0 Å². The fourth-order valence-corrected chi connectivity index (χ4v) is 3.41. The first kappa shape index (κ1) is 12.5. The molecule has 108 valence electrons. The lowest BCUT2D eigenvalue weighted by Crippen LogP contribution is -2.38. The highest BCUT2D eigenvalue weighted by Gasteiger charge is 2.49. The van der Waals surface area contributed by atoms with Gasteiger partial charge in [0.15, 0.2) is 12.4 Å². The van der Waals surface area contributed by atoms with Crippen LogP contribution in [0.5, 0.6) is 0 Å². The summed E-state index contributed by atoms with van der Waals surface area (Å²) in [5, 5.41) is 23.5. The van der Waals surface area contributed by atoms with E-state index in [-0.39, 0.29) is 5.56 Å². The predicted molar refractivity (Wildman–Crippen MR) is 77.3 cm³/mol. The van der Waals surface area contributed by atoms with Crippen LogP contribution >= 0.6 is 0 Å². The van der Waals surface area contributed by atoms with E-state index >= 15 is 0 Å². The SMILES string of the molecule is O=c1c2ccccc2nc2n1CC[C@]2(O)C1=[N+]([O-])CCC1. The van der Waals surface area contributed by atoms with Crippen LogP contribution in [-0.4, -0.2) is 31.7 Å². The van der Waals surface area contributed by atoms with E-state index in [1.54, 1.807) is 18.2 Å². The average Bonchev–Trinajstić information content (AvgIpc) is 3.05. The number of hydrogen-bond donors (Lipinski definition) is 1. The van der Waals surface area contributed by atoms with Gasteiger partial charge < -0.3 is 10.3 Å². The molecule has 0 saturated heterocycles. The van der Waals surface area contributed by atoms with E-state index in [9.17, 15) is 15.1 Å². The van der Waals surface area contributed by atoms with E-state index in [2.05, 4.69) is 4.98 Å². The number of hydroxylamine groups is 1. The van der Waals surface area contributed by atoms with Crippen LogP contribution in [0.25, 0.3) is 10.9 Å². The van der Waals surface area contributed by atoms with Crippen LogP contribution < -0.4 is 5.56 Å². The smallest absolute Gasteiger partial charge is 0.261 e. The van der Waals surface area contributed by atoms with Crippen LogP contribution in [0.1, 0.15) is 25.1 Å². The summed E-state index contributed by atoms with van der Waals surface area (Å²) >= 11 is 0. The van der Waals surface area contributed by atoms with Gasteiger partial charge in [0.05, 0.1) is 10.9 Å². The number of fused-ring (bicyclic) bond motifs is 2. The average molecular weight is 285 g/mol. The van der Waals surface area contributed by atoms with Crippen molar-refractivity contribution in [3.05, 3.63) is 45.7 Å². The lowest BCUT2D eigenvalue weighted by Gasteiger charge is -2.20. The largest absolute Gasteiger partial charge is 0.624 e. The highest BCUT2D eigenvalue weighted by molar-refractivity contribution is 5.90. The van der Waals surface area contributed by atoms with Gasteiger partial charge in [-0.3, -0.25) is 9.36 Å². The Balaban J connectivity index is 2.01. The van der Waals surface area contributed by atoms with Gasteiger partial charge in [-0.25, -0.2) is 9.72 Å². The van der Waals surface area contributed by atoms with Gasteiger partial charge in [0.25, 0.3) is 5.56 Å². The highest BCUT2D eigenvalue weighted by atomic mass is 16.5. The monoisotopic (exact) mass is 285 g/mol. The quantitative estimate of drug-likeness (QED) is 0.619. The zero-order valence-corrected chi connectivity index (χ0v) is 11.5. The number of nitrogens with zero attached hydrogens (tertiary/aromatic N) is 3. The number of hydrogen-bond acceptors (Lipinski definition) is 4. The van der Waals surface area contributed by atoms with Crippen LogP contribution in [-0.2, 0) is 12.1 Å². The van der Waals surface area contributed by atoms with Crippen molar-refractivity contribution in [2.75, 3.05) is 6.54 Å². The highest BCUT2D eigenvalue weighted by Crippen LogP contribution is 2.34. The van der Waals surface area contributed by atoms with Crippen molar-refractivity contribution < 1.29 is 9.85 Å². The van der Waals surface area contributed by atoms with Crippen molar-refractivity contribution >= 4 is 16.6 Å². The Morgan fingerprint density at radius 2 is 2.19 bits per heavy atom. The molecule has 1 atom stereocenters. The Bertz CT molecular complexity index is 840. The summed E-state index contributed by atoms with van der Waals surface area (Å²) in [6.45, 7) is 0.787. The maximum atomic E-state index is 12.5. The number of aromatic nitrogens is 2. The molecule has 21 heavy (non-hydrogen) atoms. The maximum Gasteiger partial charge on any atom is 0.261 e. The molecule has 2 aliphatic heterocycles. The molecule has 0 aliphatic carbocycles. The molecule has 1 aromatic heterocycles. The second-order valence-corrected chi connectivity index (χ2v) is 5.67. The molecule has 1 N–H and O–H groups in total. The lowest BCUT2D eigenvalue weighted by molar-refractivity contribution is -0.453. The first-order valence-corrected chi connectivity index (χ1v) is 7.15. The molecule has 6 nitrogen and oxygen atoms in total. The fourth-order valence-electron chi connectivity index (χ4n) is 3.41. The molecule has 0 bridgehead atoms. The summed E-state index contributed by atoms with van der Waals surface area (Å²) < 4.78 is 2.36. The predicted octanol–water partition coefficient (Wildman–Crippen LogP) is 0.733. The molecular weight excluding hydrogens is 270 g/mol. The molecule has 1 aromatic carbocycles. The first-order valence-electron chi connectivity index (χ1n) is 7.15.